The van der Waals surface area contributed by atoms with Crippen molar-refractivity contribution in [3.8, 4) is 0 Å². The highest BCUT2D eigenvalue weighted by molar-refractivity contribution is 7.17. The Morgan fingerprint density at radius 1 is 1.08 bits per heavy atom. The van der Waals surface area contributed by atoms with Crippen molar-refractivity contribution in [3.05, 3.63) is 66.1 Å². The molecule has 25 heavy (non-hydrogen) atoms. The van der Waals surface area contributed by atoms with Crippen molar-refractivity contribution < 1.29 is 24.2 Å². The van der Waals surface area contributed by atoms with Gasteiger partial charge in [-0.05, 0) is 30.3 Å². The van der Waals surface area contributed by atoms with Crippen LogP contribution in [0.1, 0.15) is 0 Å². The van der Waals surface area contributed by atoms with Gasteiger partial charge in [0.05, 0.1) is 5.69 Å². The number of halogens is 1. The highest BCUT2D eigenvalue weighted by atomic mass is 32.1. The molecule has 0 atom stereocenters. The number of nitrogens with zero attached hydrogens (tertiary/aromatic N) is 1. The van der Waals surface area contributed by atoms with E-state index < -0.39 is 11.9 Å². The van der Waals surface area contributed by atoms with Gasteiger partial charge in [0, 0.05) is 45.7 Å². The maximum absolute atomic E-state index is 13.1. The molecule has 0 aliphatic carbocycles. The largest absolute Gasteiger partial charge is 0.478 e. The monoisotopic (exact) mass is 360 g/mol. The fraction of sp³-hybridized carbons (Fsp3) is 0. The van der Waals surface area contributed by atoms with E-state index in [2.05, 4.69) is 10.3 Å². The number of pyridine rings is 1. The molecule has 6 nitrogen and oxygen atoms in total. The Morgan fingerprint density at radius 2 is 1.72 bits per heavy atom. The van der Waals surface area contributed by atoms with Gasteiger partial charge in [-0.2, -0.15) is 0 Å². The first-order chi connectivity index (χ1) is 12.0. The second kappa shape index (κ2) is 8.55. The minimum atomic E-state index is -1.26. The number of benzene rings is 1. The minimum Gasteiger partial charge on any atom is -0.478 e. The Hall–Kier alpha value is -3.26. The van der Waals surface area contributed by atoms with E-state index in [1.54, 1.807) is 24.5 Å². The van der Waals surface area contributed by atoms with Crippen molar-refractivity contribution in [3.63, 3.8) is 0 Å². The number of carboxylic acid groups (broad SMARTS) is 2. The average Bonchev–Trinajstić information content (AvgIpc) is 2.96. The summed E-state index contributed by atoms with van der Waals surface area (Å²) in [4.78, 5) is 23.1. The molecule has 8 heteroatoms. The summed E-state index contributed by atoms with van der Waals surface area (Å²) in [5.41, 5.74) is 1.97. The summed E-state index contributed by atoms with van der Waals surface area (Å²) in [7, 11) is 0. The van der Waals surface area contributed by atoms with E-state index in [9.17, 15) is 14.0 Å². The molecule has 1 aromatic carbocycles. The van der Waals surface area contributed by atoms with Crippen LogP contribution in [0.15, 0.2) is 60.3 Å². The van der Waals surface area contributed by atoms with E-state index in [0.717, 1.165) is 21.5 Å². The molecule has 0 unspecified atom stereocenters. The van der Waals surface area contributed by atoms with E-state index in [0.29, 0.717) is 12.2 Å². The Morgan fingerprint density at radius 3 is 2.32 bits per heavy atom. The molecule has 2 aromatic heterocycles. The molecular weight excluding hydrogens is 347 g/mol. The zero-order valence-corrected chi connectivity index (χ0v) is 13.5. The van der Waals surface area contributed by atoms with E-state index in [4.69, 9.17) is 10.2 Å². The Bertz CT molecular complexity index is 893. The third-order valence-electron chi connectivity index (χ3n) is 2.87. The van der Waals surface area contributed by atoms with Gasteiger partial charge in [-0.15, -0.1) is 11.3 Å². The molecule has 128 valence electrons. The summed E-state index contributed by atoms with van der Waals surface area (Å²) in [5, 5.41) is 21.9. The molecule has 3 rings (SSSR count). The van der Waals surface area contributed by atoms with Crippen molar-refractivity contribution in [1.82, 2.24) is 4.98 Å². The van der Waals surface area contributed by atoms with E-state index in [1.165, 1.54) is 17.4 Å². The number of hydrogen-bond acceptors (Lipinski definition) is 5. The van der Waals surface area contributed by atoms with Gasteiger partial charge in [0.1, 0.15) is 5.82 Å². The SMILES string of the molecule is Fc1ccc2c(Nc3ccncc3)csc2c1.O=C(O)C=CC(=O)O. The maximum Gasteiger partial charge on any atom is 0.328 e. The normalized spacial score (nSPS) is 10.3. The van der Waals surface area contributed by atoms with Gasteiger partial charge in [-0.25, -0.2) is 14.0 Å². The topological polar surface area (TPSA) is 99.5 Å². The number of aliphatic carboxylic acids is 2. The van der Waals surface area contributed by atoms with Crippen LogP contribution in [-0.2, 0) is 9.59 Å². The quantitative estimate of drug-likeness (QED) is 0.611. The molecule has 0 aliphatic heterocycles. The number of carbonyl (C=O) groups is 2. The highest BCUT2D eigenvalue weighted by Crippen LogP contribution is 2.32. The summed E-state index contributed by atoms with van der Waals surface area (Å²) in [5.74, 6) is -2.71. The van der Waals surface area contributed by atoms with Gasteiger partial charge in [-0.3, -0.25) is 4.98 Å². The van der Waals surface area contributed by atoms with Crippen LogP contribution in [0.5, 0.6) is 0 Å². The Balaban J connectivity index is 0.000000242. The smallest absolute Gasteiger partial charge is 0.328 e. The van der Waals surface area contributed by atoms with Gasteiger partial charge in [0.15, 0.2) is 0 Å². The standard InChI is InChI=1S/C13H9FN2S.C4H4O4/c14-9-1-2-11-12(8-17-13(11)7-9)16-10-3-5-15-6-4-10;5-3(6)1-2-4(7)8/h1-8H,(H,15,16);1-2H,(H,5,6)(H,7,8). The zero-order chi connectivity index (χ0) is 18.2. The lowest BCUT2D eigenvalue weighted by Crippen LogP contribution is -1.91. The highest BCUT2D eigenvalue weighted by Gasteiger charge is 2.04. The molecule has 0 aliphatic rings. The summed E-state index contributed by atoms with van der Waals surface area (Å²) in [6.45, 7) is 0. The zero-order valence-electron chi connectivity index (χ0n) is 12.7. The number of nitrogens with one attached hydrogen (secondary N) is 1. The van der Waals surface area contributed by atoms with Gasteiger partial charge >= 0.3 is 11.9 Å². The fourth-order valence-electron chi connectivity index (χ4n) is 1.83. The Labute approximate surface area is 145 Å². The van der Waals surface area contributed by atoms with Crippen molar-refractivity contribution in [2.24, 2.45) is 0 Å². The van der Waals surface area contributed by atoms with Crippen LogP contribution >= 0.6 is 11.3 Å². The van der Waals surface area contributed by atoms with Crippen molar-refractivity contribution in [1.29, 1.82) is 0 Å². The number of fused-ring (bicyclic) bond motifs is 1. The third kappa shape index (κ3) is 5.70. The number of thiophene rings is 1. The second-order valence-electron chi connectivity index (χ2n) is 4.66. The molecule has 0 fully saturated rings. The van der Waals surface area contributed by atoms with Gasteiger partial charge in [0.2, 0.25) is 0 Å². The number of aromatic nitrogens is 1. The summed E-state index contributed by atoms with van der Waals surface area (Å²) in [6.07, 6.45) is 4.58. The predicted octanol–water partition coefficient (Wildman–Crippen LogP) is 3.89. The van der Waals surface area contributed by atoms with Crippen LogP contribution in [0, 0.1) is 5.82 Å². The first kappa shape index (κ1) is 18.1. The minimum absolute atomic E-state index is 0.199. The molecule has 3 aromatic rings. The predicted molar refractivity (Wildman–Crippen MR) is 93.7 cm³/mol. The van der Waals surface area contributed by atoms with Crippen LogP contribution in [0.4, 0.5) is 15.8 Å². The van der Waals surface area contributed by atoms with Crippen LogP contribution in [-0.4, -0.2) is 27.1 Å². The van der Waals surface area contributed by atoms with Crippen LogP contribution in [0.2, 0.25) is 0 Å². The fourth-order valence-corrected chi connectivity index (χ4v) is 2.75. The number of carboxylic acids is 2. The molecule has 0 saturated heterocycles. The molecule has 0 amide bonds. The van der Waals surface area contributed by atoms with Crippen LogP contribution in [0.25, 0.3) is 10.1 Å². The molecule has 0 spiro atoms. The number of anilines is 2. The van der Waals surface area contributed by atoms with Gasteiger partial charge in [0.25, 0.3) is 0 Å². The molecule has 3 N–H and O–H groups in total. The Kier molecular flexibility index (Phi) is 6.19. The van der Waals surface area contributed by atoms with Gasteiger partial charge < -0.3 is 15.5 Å². The lowest BCUT2D eigenvalue weighted by atomic mass is 10.2. The molecule has 0 bridgehead atoms. The summed E-state index contributed by atoms with van der Waals surface area (Å²) in [6, 6.07) is 8.62. The lowest BCUT2D eigenvalue weighted by molar-refractivity contribution is -0.134. The third-order valence-corrected chi connectivity index (χ3v) is 3.81. The van der Waals surface area contributed by atoms with E-state index in [-0.39, 0.29) is 5.82 Å². The van der Waals surface area contributed by atoms with Crippen LogP contribution in [0.3, 0.4) is 0 Å². The number of hydrogen-bond donors (Lipinski definition) is 3. The second-order valence-corrected chi connectivity index (χ2v) is 5.57. The molecule has 2 heterocycles. The number of rotatable bonds is 4. The van der Waals surface area contributed by atoms with Gasteiger partial charge in [-0.1, -0.05) is 0 Å². The van der Waals surface area contributed by atoms with E-state index in [1.807, 2.05) is 17.5 Å². The summed E-state index contributed by atoms with van der Waals surface area (Å²) >= 11 is 1.53. The lowest BCUT2D eigenvalue weighted by Gasteiger charge is -2.03. The molecule has 0 radical (unpaired) electrons. The average molecular weight is 360 g/mol. The molecular formula is C17H13FN2O4S. The van der Waals surface area contributed by atoms with Crippen molar-refractivity contribution in [2.45, 2.75) is 0 Å². The van der Waals surface area contributed by atoms with Crippen molar-refractivity contribution in [2.75, 3.05) is 5.32 Å². The molecule has 0 saturated carbocycles. The summed E-state index contributed by atoms with van der Waals surface area (Å²) < 4.78 is 14.0. The first-order valence-electron chi connectivity index (χ1n) is 6.93. The van der Waals surface area contributed by atoms with E-state index >= 15 is 0 Å². The van der Waals surface area contributed by atoms with Crippen LogP contribution < -0.4 is 5.32 Å². The van der Waals surface area contributed by atoms with Crippen molar-refractivity contribution >= 4 is 44.7 Å². The first-order valence-corrected chi connectivity index (χ1v) is 7.81. The maximum atomic E-state index is 13.1.